The fraction of sp³-hybridized carbons (Fsp3) is 0.692. The zero-order chi connectivity index (χ0) is 20.9. The monoisotopic (exact) mass is 410 g/mol. The van der Waals surface area contributed by atoms with Gasteiger partial charge < -0.3 is 9.80 Å². The highest BCUT2D eigenvalue weighted by Gasteiger charge is 2.33. The SMILES string of the molecule is CC(=O)N1CCC(Cc2ccc(CN(C(=O)CC3CCCCC3)C3CC3)cc2)CC1. The van der Waals surface area contributed by atoms with Gasteiger partial charge in [-0.3, -0.25) is 9.59 Å². The standard InChI is InChI=1S/C26H38N2O2/c1-20(29)27-15-13-23(14-16-27)17-22-7-9-24(10-8-22)19-28(25-11-12-25)26(30)18-21-5-3-2-4-6-21/h7-10,21,23,25H,2-6,11-19H2,1H3. The van der Waals surface area contributed by atoms with E-state index in [1.165, 1.54) is 56.1 Å². The number of likely N-dealkylation sites (tertiary alicyclic amines) is 1. The van der Waals surface area contributed by atoms with Gasteiger partial charge in [0.15, 0.2) is 0 Å². The zero-order valence-electron chi connectivity index (χ0n) is 18.7. The lowest BCUT2D eigenvalue weighted by Gasteiger charge is -2.31. The molecule has 3 aliphatic rings. The summed E-state index contributed by atoms with van der Waals surface area (Å²) in [6.45, 7) is 4.24. The molecule has 2 amide bonds. The molecule has 1 aromatic carbocycles. The first-order valence-electron chi connectivity index (χ1n) is 12.2. The number of carbonyl (C=O) groups excluding carboxylic acids is 2. The van der Waals surface area contributed by atoms with E-state index in [-0.39, 0.29) is 5.91 Å². The summed E-state index contributed by atoms with van der Waals surface area (Å²) in [6.07, 6.45) is 12.8. The van der Waals surface area contributed by atoms with E-state index in [2.05, 4.69) is 29.2 Å². The molecule has 1 aliphatic heterocycles. The van der Waals surface area contributed by atoms with Gasteiger partial charge in [0, 0.05) is 39.0 Å². The Morgan fingerprint density at radius 1 is 0.867 bits per heavy atom. The molecule has 4 rings (SSSR count). The second kappa shape index (κ2) is 9.98. The molecule has 4 heteroatoms. The quantitative estimate of drug-likeness (QED) is 0.638. The number of amides is 2. The van der Waals surface area contributed by atoms with E-state index >= 15 is 0 Å². The van der Waals surface area contributed by atoms with Crippen LogP contribution in [-0.4, -0.2) is 40.7 Å². The fourth-order valence-electron chi connectivity index (χ4n) is 5.33. The van der Waals surface area contributed by atoms with Crippen LogP contribution in [-0.2, 0) is 22.6 Å². The van der Waals surface area contributed by atoms with Gasteiger partial charge in [0.05, 0.1) is 0 Å². The van der Waals surface area contributed by atoms with Crippen molar-refractivity contribution in [1.29, 1.82) is 0 Å². The van der Waals surface area contributed by atoms with Crippen molar-refractivity contribution in [2.75, 3.05) is 13.1 Å². The molecule has 0 atom stereocenters. The van der Waals surface area contributed by atoms with E-state index in [0.29, 0.717) is 23.8 Å². The van der Waals surface area contributed by atoms with Gasteiger partial charge in [-0.25, -0.2) is 0 Å². The number of piperidine rings is 1. The van der Waals surface area contributed by atoms with Crippen LogP contribution in [0.25, 0.3) is 0 Å². The number of hydrogen-bond acceptors (Lipinski definition) is 2. The maximum atomic E-state index is 13.0. The Labute approximate surface area is 182 Å². The van der Waals surface area contributed by atoms with Crippen molar-refractivity contribution < 1.29 is 9.59 Å². The summed E-state index contributed by atoms with van der Waals surface area (Å²) in [5.74, 6) is 1.87. The maximum Gasteiger partial charge on any atom is 0.223 e. The number of rotatable bonds is 7. The van der Waals surface area contributed by atoms with Gasteiger partial charge in [-0.2, -0.15) is 0 Å². The van der Waals surface area contributed by atoms with Crippen LogP contribution in [0.2, 0.25) is 0 Å². The molecule has 1 heterocycles. The Bertz CT molecular complexity index is 711. The second-order valence-electron chi connectivity index (χ2n) is 9.93. The highest BCUT2D eigenvalue weighted by molar-refractivity contribution is 5.77. The summed E-state index contributed by atoms with van der Waals surface area (Å²) in [5.41, 5.74) is 2.64. The van der Waals surface area contributed by atoms with Crippen LogP contribution in [0, 0.1) is 11.8 Å². The third kappa shape index (κ3) is 5.86. The first-order valence-corrected chi connectivity index (χ1v) is 12.2. The largest absolute Gasteiger partial charge is 0.343 e. The summed E-state index contributed by atoms with van der Waals surface area (Å²) in [4.78, 5) is 28.6. The minimum atomic E-state index is 0.205. The summed E-state index contributed by atoms with van der Waals surface area (Å²) >= 11 is 0. The molecule has 164 valence electrons. The van der Waals surface area contributed by atoms with Crippen LogP contribution < -0.4 is 0 Å². The van der Waals surface area contributed by atoms with E-state index < -0.39 is 0 Å². The number of hydrogen-bond donors (Lipinski definition) is 0. The lowest BCUT2D eigenvalue weighted by atomic mass is 9.86. The molecule has 1 aromatic rings. The van der Waals surface area contributed by atoms with Crippen LogP contribution in [0.5, 0.6) is 0 Å². The van der Waals surface area contributed by atoms with Crippen molar-refractivity contribution in [3.05, 3.63) is 35.4 Å². The van der Waals surface area contributed by atoms with Gasteiger partial charge in [0.1, 0.15) is 0 Å². The third-order valence-electron chi connectivity index (χ3n) is 7.46. The average Bonchev–Trinajstić information content (AvgIpc) is 3.59. The van der Waals surface area contributed by atoms with Crippen LogP contribution in [0.15, 0.2) is 24.3 Å². The predicted octanol–water partition coefficient (Wildman–Crippen LogP) is 4.95. The van der Waals surface area contributed by atoms with Gasteiger partial charge >= 0.3 is 0 Å². The lowest BCUT2D eigenvalue weighted by Crippen LogP contribution is -2.37. The molecule has 0 bridgehead atoms. The summed E-state index contributed by atoms with van der Waals surface area (Å²) in [5, 5.41) is 0. The minimum absolute atomic E-state index is 0.205. The van der Waals surface area contributed by atoms with Crippen LogP contribution in [0.3, 0.4) is 0 Å². The van der Waals surface area contributed by atoms with Crippen molar-refractivity contribution in [3.8, 4) is 0 Å². The molecule has 30 heavy (non-hydrogen) atoms. The van der Waals surface area contributed by atoms with Crippen molar-refractivity contribution in [3.63, 3.8) is 0 Å². The van der Waals surface area contributed by atoms with E-state index in [4.69, 9.17) is 0 Å². The smallest absolute Gasteiger partial charge is 0.223 e. The lowest BCUT2D eigenvalue weighted by molar-refractivity contribution is -0.133. The molecule has 0 radical (unpaired) electrons. The van der Waals surface area contributed by atoms with E-state index in [1.807, 2.05) is 4.90 Å². The molecule has 0 spiro atoms. The maximum absolute atomic E-state index is 13.0. The van der Waals surface area contributed by atoms with Crippen molar-refractivity contribution in [2.45, 2.75) is 90.1 Å². The molecule has 2 aliphatic carbocycles. The Morgan fingerprint density at radius 3 is 2.10 bits per heavy atom. The molecular weight excluding hydrogens is 372 g/mol. The number of benzene rings is 1. The Kier molecular flexibility index (Phi) is 7.12. The van der Waals surface area contributed by atoms with Gasteiger partial charge in [0.25, 0.3) is 0 Å². The van der Waals surface area contributed by atoms with E-state index in [1.54, 1.807) is 6.92 Å². The molecule has 0 unspecified atom stereocenters. The minimum Gasteiger partial charge on any atom is -0.343 e. The molecule has 3 fully saturated rings. The average molecular weight is 411 g/mol. The Morgan fingerprint density at radius 2 is 1.50 bits per heavy atom. The molecule has 4 nitrogen and oxygen atoms in total. The fourth-order valence-corrected chi connectivity index (χ4v) is 5.33. The molecular formula is C26H38N2O2. The summed E-state index contributed by atoms with van der Waals surface area (Å²) < 4.78 is 0. The Balaban J connectivity index is 1.28. The van der Waals surface area contributed by atoms with Crippen molar-refractivity contribution >= 4 is 11.8 Å². The Hall–Kier alpha value is -1.84. The van der Waals surface area contributed by atoms with Crippen LogP contribution in [0.1, 0.15) is 82.3 Å². The van der Waals surface area contributed by atoms with E-state index in [0.717, 1.165) is 45.3 Å². The molecule has 1 saturated heterocycles. The number of carbonyl (C=O) groups is 2. The molecule has 0 N–H and O–H groups in total. The highest BCUT2D eigenvalue weighted by atomic mass is 16.2. The zero-order valence-corrected chi connectivity index (χ0v) is 18.7. The van der Waals surface area contributed by atoms with Gasteiger partial charge in [0.2, 0.25) is 11.8 Å². The van der Waals surface area contributed by atoms with Crippen molar-refractivity contribution in [1.82, 2.24) is 9.80 Å². The topological polar surface area (TPSA) is 40.6 Å². The highest BCUT2D eigenvalue weighted by Crippen LogP contribution is 2.32. The summed E-state index contributed by atoms with van der Waals surface area (Å²) in [7, 11) is 0. The first kappa shape index (κ1) is 21.4. The van der Waals surface area contributed by atoms with Gasteiger partial charge in [-0.15, -0.1) is 0 Å². The predicted molar refractivity (Wildman–Crippen MR) is 120 cm³/mol. The molecule has 0 aromatic heterocycles. The van der Waals surface area contributed by atoms with Gasteiger partial charge in [-0.1, -0.05) is 43.5 Å². The van der Waals surface area contributed by atoms with Crippen LogP contribution in [0.4, 0.5) is 0 Å². The second-order valence-corrected chi connectivity index (χ2v) is 9.93. The normalized spacial score (nSPS) is 20.9. The molecule has 2 saturated carbocycles. The van der Waals surface area contributed by atoms with Crippen LogP contribution >= 0.6 is 0 Å². The first-order chi connectivity index (χ1) is 14.6. The number of nitrogens with zero attached hydrogens (tertiary/aromatic N) is 2. The van der Waals surface area contributed by atoms with Gasteiger partial charge in [-0.05, 0) is 67.9 Å². The van der Waals surface area contributed by atoms with E-state index in [9.17, 15) is 9.59 Å². The summed E-state index contributed by atoms with van der Waals surface area (Å²) in [6, 6.07) is 9.44. The van der Waals surface area contributed by atoms with Crippen molar-refractivity contribution in [2.24, 2.45) is 11.8 Å². The third-order valence-corrected chi connectivity index (χ3v) is 7.46.